The van der Waals surface area contributed by atoms with Crippen LogP contribution in [0.25, 0.3) is 0 Å². The molecule has 0 spiro atoms. The first-order valence-electron chi connectivity index (χ1n) is 5.88. The predicted octanol–water partition coefficient (Wildman–Crippen LogP) is 1.13. The van der Waals surface area contributed by atoms with E-state index in [1.165, 1.54) is 0 Å². The smallest absolute Gasteiger partial charge is 0.244 e. The predicted molar refractivity (Wildman–Crippen MR) is 63.6 cm³/mol. The van der Waals surface area contributed by atoms with Gasteiger partial charge in [0.2, 0.25) is 5.89 Å². The highest BCUT2D eigenvalue weighted by molar-refractivity contribution is 5.02. The average Bonchev–Trinajstić information content (AvgIpc) is 2.99. The molecule has 0 aliphatic rings. The van der Waals surface area contributed by atoms with Gasteiger partial charge in [0.25, 0.3) is 0 Å². The second kappa shape index (κ2) is 5.74. The molecule has 1 unspecified atom stereocenters. The molecule has 2 rings (SSSR count). The van der Waals surface area contributed by atoms with Gasteiger partial charge < -0.3 is 20.0 Å². The van der Waals surface area contributed by atoms with Crippen LogP contribution in [-0.2, 0) is 11.2 Å². The van der Waals surface area contributed by atoms with Crippen LogP contribution in [0.4, 0.5) is 0 Å². The second-order valence-electron chi connectivity index (χ2n) is 3.98. The largest absolute Gasteiger partial charge is 0.371 e. The zero-order chi connectivity index (χ0) is 13.0. The third-order valence-electron chi connectivity index (χ3n) is 2.55. The third kappa shape index (κ3) is 2.93. The fourth-order valence-electron chi connectivity index (χ4n) is 1.61. The number of rotatable bonds is 6. The van der Waals surface area contributed by atoms with Crippen LogP contribution in [-0.4, -0.2) is 26.7 Å². The van der Waals surface area contributed by atoms with Crippen molar-refractivity contribution < 1.29 is 9.26 Å². The molecule has 0 radical (unpaired) electrons. The summed E-state index contributed by atoms with van der Waals surface area (Å²) in [6, 6.07) is -0.347. The number of nitrogens with zero attached hydrogens (tertiary/aromatic N) is 3. The summed E-state index contributed by atoms with van der Waals surface area (Å²) in [7, 11) is 0. The van der Waals surface area contributed by atoms with Gasteiger partial charge >= 0.3 is 0 Å². The molecule has 98 valence electrons. The Bertz CT molecular complexity index is 467. The number of ether oxygens (including phenoxy) is 1. The molecule has 7 nitrogen and oxygen atoms in total. The minimum absolute atomic E-state index is 0.188. The van der Waals surface area contributed by atoms with Crippen LogP contribution in [0.1, 0.15) is 43.4 Å². The lowest BCUT2D eigenvalue weighted by Crippen LogP contribution is -2.14. The Morgan fingerprint density at radius 1 is 1.56 bits per heavy atom. The first-order valence-corrected chi connectivity index (χ1v) is 5.88. The molecule has 0 amide bonds. The van der Waals surface area contributed by atoms with E-state index in [1.54, 1.807) is 12.5 Å². The summed E-state index contributed by atoms with van der Waals surface area (Å²) in [5.74, 6) is 0.929. The number of hydrogen-bond acceptors (Lipinski definition) is 6. The lowest BCUT2D eigenvalue weighted by atomic mass is 10.2. The summed E-state index contributed by atoms with van der Waals surface area (Å²) < 4.78 is 10.5. The van der Waals surface area contributed by atoms with E-state index in [1.807, 2.05) is 13.8 Å². The number of nitrogens with two attached hydrogens (primary N) is 1. The van der Waals surface area contributed by atoms with Crippen LogP contribution in [0.2, 0.25) is 0 Å². The molecule has 2 aromatic rings. The van der Waals surface area contributed by atoms with Crippen molar-refractivity contribution in [3.63, 3.8) is 0 Å². The van der Waals surface area contributed by atoms with E-state index < -0.39 is 0 Å². The lowest BCUT2D eigenvalue weighted by molar-refractivity contribution is 0.0683. The van der Waals surface area contributed by atoms with Crippen LogP contribution in [0, 0.1) is 0 Å². The molecule has 18 heavy (non-hydrogen) atoms. The van der Waals surface area contributed by atoms with E-state index in [-0.39, 0.29) is 12.1 Å². The van der Waals surface area contributed by atoms with Crippen molar-refractivity contribution in [2.75, 3.05) is 6.61 Å². The Morgan fingerprint density at radius 2 is 2.39 bits per heavy atom. The van der Waals surface area contributed by atoms with Gasteiger partial charge in [-0.2, -0.15) is 4.98 Å². The molecular weight excluding hydrogens is 234 g/mol. The van der Waals surface area contributed by atoms with Crippen molar-refractivity contribution >= 4 is 0 Å². The van der Waals surface area contributed by atoms with Crippen LogP contribution in [0.5, 0.6) is 0 Å². The first-order chi connectivity index (χ1) is 8.70. The summed E-state index contributed by atoms with van der Waals surface area (Å²) in [5, 5.41) is 3.87. The van der Waals surface area contributed by atoms with Gasteiger partial charge in [-0.25, -0.2) is 4.98 Å². The van der Waals surface area contributed by atoms with E-state index in [0.29, 0.717) is 24.7 Å². The monoisotopic (exact) mass is 251 g/mol. The van der Waals surface area contributed by atoms with Crippen LogP contribution < -0.4 is 5.73 Å². The van der Waals surface area contributed by atoms with Crippen molar-refractivity contribution in [2.24, 2.45) is 5.73 Å². The molecule has 0 aliphatic heterocycles. The number of aromatic nitrogens is 4. The number of hydrogen-bond donors (Lipinski definition) is 2. The topological polar surface area (TPSA) is 103 Å². The highest BCUT2D eigenvalue weighted by atomic mass is 16.5. The van der Waals surface area contributed by atoms with Crippen molar-refractivity contribution in [1.82, 2.24) is 20.1 Å². The molecule has 7 heteroatoms. The summed E-state index contributed by atoms with van der Waals surface area (Å²) in [4.78, 5) is 11.2. The molecule has 3 N–H and O–H groups in total. The van der Waals surface area contributed by atoms with Gasteiger partial charge in [0.05, 0.1) is 12.4 Å². The SMILES string of the molecule is CCOC(C)c1noc([C@H](N)Cc2cnc[nH]2)n1. The van der Waals surface area contributed by atoms with E-state index in [2.05, 4.69) is 20.1 Å². The Balaban J connectivity index is 2.00. The average molecular weight is 251 g/mol. The lowest BCUT2D eigenvalue weighted by Gasteiger charge is -2.05. The molecule has 2 aromatic heterocycles. The molecular formula is C11H17N5O2. The molecule has 2 atom stereocenters. The Kier molecular flexibility index (Phi) is 4.06. The van der Waals surface area contributed by atoms with Crippen molar-refractivity contribution in [3.05, 3.63) is 29.9 Å². The van der Waals surface area contributed by atoms with Gasteiger partial charge in [-0.1, -0.05) is 5.16 Å². The van der Waals surface area contributed by atoms with Crippen LogP contribution >= 0.6 is 0 Å². The van der Waals surface area contributed by atoms with Gasteiger partial charge in [0.1, 0.15) is 6.10 Å². The van der Waals surface area contributed by atoms with Crippen molar-refractivity contribution in [2.45, 2.75) is 32.4 Å². The summed E-state index contributed by atoms with van der Waals surface area (Å²) in [6.45, 7) is 4.39. The Morgan fingerprint density at radius 3 is 3.06 bits per heavy atom. The van der Waals surface area contributed by atoms with E-state index in [0.717, 1.165) is 5.69 Å². The molecule has 0 aliphatic carbocycles. The number of H-pyrrole nitrogens is 1. The maximum Gasteiger partial charge on any atom is 0.244 e. The molecule has 0 fully saturated rings. The molecule has 0 bridgehead atoms. The number of aromatic amines is 1. The highest BCUT2D eigenvalue weighted by Crippen LogP contribution is 2.17. The minimum Gasteiger partial charge on any atom is -0.371 e. The quantitative estimate of drug-likeness (QED) is 0.797. The standard InChI is InChI=1S/C11H17N5O2/c1-3-17-7(2)10-15-11(18-16-10)9(12)4-8-5-13-6-14-8/h5-7,9H,3-4,12H2,1-2H3,(H,13,14)/t7?,9-/m1/s1. The van der Waals surface area contributed by atoms with E-state index in [4.69, 9.17) is 15.0 Å². The van der Waals surface area contributed by atoms with Gasteiger partial charge in [-0.15, -0.1) is 0 Å². The molecule has 0 aromatic carbocycles. The fraction of sp³-hybridized carbons (Fsp3) is 0.545. The first kappa shape index (κ1) is 12.7. The minimum atomic E-state index is -0.347. The molecule has 0 saturated heterocycles. The van der Waals surface area contributed by atoms with Gasteiger partial charge in [-0.3, -0.25) is 0 Å². The Hall–Kier alpha value is -1.73. The van der Waals surface area contributed by atoms with Crippen LogP contribution in [0.3, 0.4) is 0 Å². The summed E-state index contributed by atoms with van der Waals surface area (Å²) in [5.41, 5.74) is 6.92. The van der Waals surface area contributed by atoms with Crippen molar-refractivity contribution in [3.8, 4) is 0 Å². The normalized spacial score (nSPS) is 14.6. The van der Waals surface area contributed by atoms with E-state index in [9.17, 15) is 0 Å². The second-order valence-corrected chi connectivity index (χ2v) is 3.98. The maximum atomic E-state index is 5.99. The van der Waals surface area contributed by atoms with Crippen LogP contribution in [0.15, 0.2) is 17.0 Å². The number of nitrogens with one attached hydrogen (secondary N) is 1. The third-order valence-corrected chi connectivity index (χ3v) is 2.55. The maximum absolute atomic E-state index is 5.99. The van der Waals surface area contributed by atoms with Gasteiger partial charge in [-0.05, 0) is 13.8 Å². The molecule has 0 saturated carbocycles. The Labute approximate surface area is 105 Å². The number of imidazole rings is 1. The zero-order valence-corrected chi connectivity index (χ0v) is 10.5. The van der Waals surface area contributed by atoms with Gasteiger partial charge in [0.15, 0.2) is 5.82 Å². The fourth-order valence-corrected chi connectivity index (χ4v) is 1.61. The van der Waals surface area contributed by atoms with E-state index >= 15 is 0 Å². The van der Waals surface area contributed by atoms with Crippen molar-refractivity contribution in [1.29, 1.82) is 0 Å². The summed E-state index contributed by atoms with van der Waals surface area (Å²) in [6.07, 6.45) is 3.72. The zero-order valence-electron chi connectivity index (χ0n) is 10.5. The summed E-state index contributed by atoms with van der Waals surface area (Å²) >= 11 is 0. The van der Waals surface area contributed by atoms with Gasteiger partial charge in [0, 0.05) is 24.9 Å². The highest BCUT2D eigenvalue weighted by Gasteiger charge is 2.19. The molecule has 2 heterocycles.